The third kappa shape index (κ3) is 23.9. The predicted molar refractivity (Wildman–Crippen MR) is 217 cm³/mol. The van der Waals surface area contributed by atoms with E-state index >= 15 is 0 Å². The molecule has 0 amide bonds. The molecule has 0 aromatic heterocycles. The molecule has 2 aromatic rings. The second-order valence-corrected chi connectivity index (χ2v) is 13.8. The van der Waals surface area contributed by atoms with Crippen LogP contribution in [0.4, 0.5) is 11.4 Å². The van der Waals surface area contributed by atoms with Crippen molar-refractivity contribution < 1.29 is 20.4 Å². The normalized spacial score (nSPS) is 12.1. The van der Waals surface area contributed by atoms with Gasteiger partial charge in [0.1, 0.15) is 0 Å². The zero-order valence-electron chi connectivity index (χ0n) is 31.9. The van der Waals surface area contributed by atoms with Crippen LogP contribution in [0, 0.1) is 0 Å². The number of aliphatic imine (C=N–C) groups is 2. The molecular weight excluding hydrogens is 687 g/mol. The van der Waals surface area contributed by atoms with Gasteiger partial charge in [-0.1, -0.05) is 178 Å². The van der Waals surface area contributed by atoms with Gasteiger partial charge in [0.05, 0.1) is 17.1 Å². The Morgan fingerprint density at radius 1 is 0.469 bits per heavy atom. The molecule has 0 spiro atoms. The van der Waals surface area contributed by atoms with Crippen molar-refractivity contribution in [3.8, 4) is 0 Å². The molecule has 3 heteroatoms. The number of hydrogen-bond acceptors (Lipinski definition) is 2. The van der Waals surface area contributed by atoms with Crippen LogP contribution in [0.25, 0.3) is 0 Å². The van der Waals surface area contributed by atoms with E-state index in [9.17, 15) is 0 Å². The molecule has 0 bridgehead atoms. The van der Waals surface area contributed by atoms with Gasteiger partial charge in [0.2, 0.25) is 0 Å². The number of aryl methyl sites for hydroxylation is 2. The summed E-state index contributed by atoms with van der Waals surface area (Å²) >= 11 is 0. The zero-order chi connectivity index (χ0) is 34.2. The van der Waals surface area contributed by atoms with E-state index in [1.807, 2.05) is 6.21 Å². The Kier molecular flexibility index (Phi) is 30.3. The SMILES string of the molecule is CCCCCCCCCCC=CCCc1ccccc1N=CC(CCCC)=Nc1ccccc1CCC=CCCCCCCCCCC.[Pd]. The molecule has 0 saturated carbocycles. The van der Waals surface area contributed by atoms with E-state index in [2.05, 4.69) is 93.6 Å². The van der Waals surface area contributed by atoms with Crippen LogP contribution in [0.2, 0.25) is 0 Å². The molecule has 2 aromatic carbocycles. The van der Waals surface area contributed by atoms with Gasteiger partial charge >= 0.3 is 0 Å². The van der Waals surface area contributed by atoms with E-state index in [0.717, 1.165) is 62.0 Å². The van der Waals surface area contributed by atoms with Crippen molar-refractivity contribution in [1.82, 2.24) is 0 Å². The molecule has 0 fully saturated rings. The van der Waals surface area contributed by atoms with Gasteiger partial charge in [-0.3, -0.25) is 9.98 Å². The average molecular weight is 760 g/mol. The Morgan fingerprint density at radius 3 is 1.39 bits per heavy atom. The smallest absolute Gasteiger partial charge is 0.0665 e. The summed E-state index contributed by atoms with van der Waals surface area (Å²) in [6.45, 7) is 6.83. The van der Waals surface area contributed by atoms with Gasteiger partial charge in [0.15, 0.2) is 0 Å². The minimum Gasteiger partial charge on any atom is -0.255 e. The minimum absolute atomic E-state index is 0. The van der Waals surface area contributed by atoms with E-state index in [-0.39, 0.29) is 20.4 Å². The van der Waals surface area contributed by atoms with Crippen LogP contribution >= 0.6 is 0 Å². The van der Waals surface area contributed by atoms with Crippen LogP contribution in [0.3, 0.4) is 0 Å². The predicted octanol–water partition coefficient (Wildman–Crippen LogP) is 15.4. The van der Waals surface area contributed by atoms with Gasteiger partial charge in [0, 0.05) is 26.6 Å². The molecule has 0 heterocycles. The second-order valence-electron chi connectivity index (χ2n) is 13.8. The molecule has 2 rings (SSSR count). The molecule has 0 aliphatic carbocycles. The third-order valence-electron chi connectivity index (χ3n) is 9.33. The Labute approximate surface area is 317 Å². The zero-order valence-corrected chi connectivity index (χ0v) is 33.4. The molecular formula is C46H72N2Pd. The number of para-hydroxylation sites is 2. The molecule has 0 aliphatic heterocycles. The molecule has 0 unspecified atom stereocenters. The van der Waals surface area contributed by atoms with Crippen LogP contribution < -0.4 is 0 Å². The van der Waals surface area contributed by atoms with E-state index in [0.29, 0.717) is 0 Å². The van der Waals surface area contributed by atoms with Gasteiger partial charge in [0.25, 0.3) is 0 Å². The summed E-state index contributed by atoms with van der Waals surface area (Å²) in [6, 6.07) is 17.3. The monoisotopic (exact) mass is 758 g/mol. The fourth-order valence-electron chi connectivity index (χ4n) is 6.23. The molecule has 0 N–H and O–H groups in total. The van der Waals surface area contributed by atoms with Crippen molar-refractivity contribution in [3.05, 3.63) is 84.0 Å². The Hall–Kier alpha value is -2.08. The first kappa shape index (κ1) is 44.9. The van der Waals surface area contributed by atoms with Gasteiger partial charge in [-0.2, -0.15) is 0 Å². The first-order valence-corrected chi connectivity index (χ1v) is 20.4. The van der Waals surface area contributed by atoms with Crippen LogP contribution in [-0.2, 0) is 33.3 Å². The van der Waals surface area contributed by atoms with E-state index in [1.165, 1.54) is 127 Å². The standard InChI is InChI=1S/C46H72N2.Pd/c1-4-7-10-12-14-16-18-20-22-24-26-28-34-42-36-30-32-39-45(42)47-41-44(38-9-6-3)48-46-40-33-31-37-43(46)35-29-27-25-23-21-19-17-15-13-11-8-5-2;/h24-27,30-33,36-37,39-41H,4-23,28-29,34-35,38H2,1-3H3;. The average Bonchev–Trinajstić information content (AvgIpc) is 3.11. The molecule has 0 atom stereocenters. The van der Waals surface area contributed by atoms with Crippen LogP contribution in [-0.4, -0.2) is 11.9 Å². The Balaban J connectivity index is 0.0000120. The maximum atomic E-state index is 5.18. The van der Waals surface area contributed by atoms with Crippen molar-refractivity contribution in [3.63, 3.8) is 0 Å². The third-order valence-corrected chi connectivity index (χ3v) is 9.33. The topological polar surface area (TPSA) is 24.7 Å². The molecule has 2 nitrogen and oxygen atoms in total. The number of allylic oxidation sites excluding steroid dienone is 4. The van der Waals surface area contributed by atoms with Crippen LogP contribution in [0.15, 0.2) is 82.8 Å². The Bertz CT molecular complexity index is 1160. The number of unbranched alkanes of at least 4 members (excludes halogenated alkanes) is 17. The fraction of sp³-hybridized carbons (Fsp3) is 0.609. The molecule has 0 aliphatic rings. The summed E-state index contributed by atoms with van der Waals surface area (Å²) in [7, 11) is 0. The quantitative estimate of drug-likeness (QED) is 0.0328. The summed E-state index contributed by atoms with van der Waals surface area (Å²) in [5, 5.41) is 0. The fourth-order valence-corrected chi connectivity index (χ4v) is 6.23. The molecule has 0 radical (unpaired) electrons. The van der Waals surface area contributed by atoms with Gasteiger partial charge in [-0.25, -0.2) is 0 Å². The van der Waals surface area contributed by atoms with Crippen molar-refractivity contribution in [2.24, 2.45) is 9.98 Å². The van der Waals surface area contributed by atoms with Gasteiger partial charge < -0.3 is 0 Å². The number of hydrogen-bond donors (Lipinski definition) is 0. The van der Waals surface area contributed by atoms with Crippen molar-refractivity contribution in [2.75, 3.05) is 0 Å². The van der Waals surface area contributed by atoms with Crippen molar-refractivity contribution in [1.29, 1.82) is 0 Å². The van der Waals surface area contributed by atoms with Crippen LogP contribution in [0.1, 0.15) is 180 Å². The number of benzene rings is 2. The summed E-state index contributed by atoms with van der Waals surface area (Å²) in [5.74, 6) is 0. The molecule has 0 saturated heterocycles. The summed E-state index contributed by atoms with van der Waals surface area (Å²) in [6.07, 6.45) is 43.6. The molecule has 49 heavy (non-hydrogen) atoms. The summed E-state index contributed by atoms with van der Waals surface area (Å²) < 4.78 is 0. The maximum absolute atomic E-state index is 5.18. The van der Waals surface area contributed by atoms with Crippen molar-refractivity contribution >= 4 is 23.3 Å². The first-order chi connectivity index (χ1) is 23.8. The van der Waals surface area contributed by atoms with E-state index in [1.54, 1.807) is 0 Å². The summed E-state index contributed by atoms with van der Waals surface area (Å²) in [4.78, 5) is 10.2. The van der Waals surface area contributed by atoms with E-state index in [4.69, 9.17) is 9.98 Å². The minimum atomic E-state index is 0. The first-order valence-electron chi connectivity index (χ1n) is 20.4. The number of nitrogens with zero attached hydrogens (tertiary/aromatic N) is 2. The summed E-state index contributed by atoms with van der Waals surface area (Å²) in [5.41, 5.74) is 5.90. The maximum Gasteiger partial charge on any atom is 0.0665 e. The Morgan fingerprint density at radius 2 is 0.878 bits per heavy atom. The number of rotatable bonds is 30. The van der Waals surface area contributed by atoms with Gasteiger partial charge in [-0.05, 0) is 87.5 Å². The largest absolute Gasteiger partial charge is 0.255 e. The molecule has 276 valence electrons. The second kappa shape index (κ2) is 33.1. The van der Waals surface area contributed by atoms with E-state index < -0.39 is 0 Å². The van der Waals surface area contributed by atoms with Gasteiger partial charge in [-0.15, -0.1) is 0 Å². The van der Waals surface area contributed by atoms with Crippen LogP contribution in [0.5, 0.6) is 0 Å². The van der Waals surface area contributed by atoms with Crippen molar-refractivity contribution in [2.45, 2.75) is 181 Å².